The summed E-state index contributed by atoms with van der Waals surface area (Å²) in [5, 5.41) is 5.69. The number of hydrogen-bond donors (Lipinski definition) is 1. The summed E-state index contributed by atoms with van der Waals surface area (Å²) in [5.74, 6) is -0.481. The van der Waals surface area contributed by atoms with Crippen LogP contribution in [0.2, 0.25) is 0 Å². The minimum atomic E-state index is -0.410. The number of fused-ring (bicyclic) bond motifs is 1. The van der Waals surface area contributed by atoms with Gasteiger partial charge in [-0.3, -0.25) is 4.79 Å². The zero-order valence-corrected chi connectivity index (χ0v) is 18.8. The van der Waals surface area contributed by atoms with Crippen molar-refractivity contribution in [1.29, 1.82) is 0 Å². The van der Waals surface area contributed by atoms with E-state index in [1.807, 2.05) is 48.4 Å². The molecule has 0 bridgehead atoms. The molecule has 1 aromatic rings. The number of rotatable bonds is 6. The Bertz CT molecular complexity index is 979. The zero-order valence-electron chi connectivity index (χ0n) is 18.0. The van der Waals surface area contributed by atoms with Crippen molar-refractivity contribution in [2.24, 2.45) is 4.99 Å². The number of hydrogen-bond acceptors (Lipinski definition) is 7. The molecule has 4 rings (SSSR count). The largest absolute Gasteiger partial charge is 0.466 e. The van der Waals surface area contributed by atoms with Crippen LogP contribution in [0.25, 0.3) is 0 Å². The van der Waals surface area contributed by atoms with Crippen LogP contribution >= 0.6 is 11.8 Å². The van der Waals surface area contributed by atoms with Gasteiger partial charge in [-0.25, -0.2) is 9.79 Å². The predicted molar refractivity (Wildman–Crippen MR) is 120 cm³/mol. The molecule has 0 aliphatic carbocycles. The van der Waals surface area contributed by atoms with Crippen LogP contribution in [0.5, 0.6) is 0 Å². The summed E-state index contributed by atoms with van der Waals surface area (Å²) < 4.78 is 10.7. The maximum Gasteiger partial charge on any atom is 0.338 e. The molecular formula is C23H27N3O4S. The molecule has 3 heterocycles. The summed E-state index contributed by atoms with van der Waals surface area (Å²) in [6, 6.07) is 7.56. The number of carbonyl (C=O) groups excluding carboxylic acids is 2. The van der Waals surface area contributed by atoms with Crippen molar-refractivity contribution in [2.45, 2.75) is 45.3 Å². The fourth-order valence-corrected chi connectivity index (χ4v) is 5.15. The van der Waals surface area contributed by atoms with Crippen LogP contribution in [0.15, 0.2) is 51.6 Å². The van der Waals surface area contributed by atoms with Crippen molar-refractivity contribution >= 4 is 28.8 Å². The first-order valence-corrected chi connectivity index (χ1v) is 11.3. The monoisotopic (exact) mass is 441 g/mol. The molecule has 31 heavy (non-hydrogen) atoms. The SMILES string of the molecule is COC(=O)C1=C(C)N=C2SC=C(CC(=O)NC[C@@H]3CCCO3)N2[C@@H]1c1ccccc1C. The Labute approximate surface area is 186 Å². The van der Waals surface area contributed by atoms with Gasteiger partial charge in [0.1, 0.15) is 0 Å². The Kier molecular flexibility index (Phi) is 6.48. The van der Waals surface area contributed by atoms with Crippen molar-refractivity contribution in [1.82, 2.24) is 10.2 Å². The van der Waals surface area contributed by atoms with E-state index < -0.39 is 12.0 Å². The molecule has 1 saturated heterocycles. The molecule has 164 valence electrons. The van der Waals surface area contributed by atoms with Crippen LogP contribution in [-0.2, 0) is 19.1 Å². The number of ether oxygens (including phenoxy) is 2. The third kappa shape index (κ3) is 4.41. The van der Waals surface area contributed by atoms with E-state index in [9.17, 15) is 9.59 Å². The van der Waals surface area contributed by atoms with Crippen molar-refractivity contribution in [3.05, 3.63) is 57.8 Å². The van der Waals surface area contributed by atoms with Crippen molar-refractivity contribution in [3.63, 3.8) is 0 Å². The van der Waals surface area contributed by atoms with E-state index in [4.69, 9.17) is 9.47 Å². The molecule has 2 atom stereocenters. The fraction of sp³-hybridized carbons (Fsp3) is 0.435. The van der Waals surface area contributed by atoms with Gasteiger partial charge in [-0.05, 0) is 43.2 Å². The quantitative estimate of drug-likeness (QED) is 0.682. The Balaban J connectivity index is 1.61. The summed E-state index contributed by atoms with van der Waals surface area (Å²) in [6.07, 6.45) is 2.31. The van der Waals surface area contributed by atoms with E-state index in [2.05, 4.69) is 10.3 Å². The molecule has 3 aliphatic heterocycles. The second-order valence-electron chi connectivity index (χ2n) is 7.86. The van der Waals surface area contributed by atoms with Crippen LogP contribution in [0.3, 0.4) is 0 Å². The third-order valence-corrected chi connectivity index (χ3v) is 6.67. The Hall–Kier alpha value is -2.58. The number of nitrogens with zero attached hydrogens (tertiary/aromatic N) is 2. The number of benzene rings is 1. The van der Waals surface area contributed by atoms with Crippen LogP contribution in [0.4, 0.5) is 0 Å². The van der Waals surface area contributed by atoms with Gasteiger partial charge in [-0.2, -0.15) is 0 Å². The highest BCUT2D eigenvalue weighted by Gasteiger charge is 2.41. The normalized spacial score (nSPS) is 22.7. The number of amidine groups is 1. The van der Waals surface area contributed by atoms with Gasteiger partial charge in [0.05, 0.1) is 36.9 Å². The van der Waals surface area contributed by atoms with E-state index in [1.54, 1.807) is 0 Å². The Morgan fingerprint density at radius 3 is 2.84 bits per heavy atom. The number of amides is 1. The molecule has 8 heteroatoms. The molecule has 0 aromatic heterocycles. The van der Waals surface area contributed by atoms with Crippen LogP contribution in [0, 0.1) is 6.92 Å². The lowest BCUT2D eigenvalue weighted by Gasteiger charge is -2.36. The minimum absolute atomic E-state index is 0.0713. The standard InChI is InChI=1S/C23H27N3O4S/c1-14-7-4-5-9-18(14)21-20(22(28)29-3)15(2)25-23-26(21)16(13-31-23)11-19(27)24-12-17-8-6-10-30-17/h4-5,7,9,13,17,21H,6,8,10-12H2,1-3H3,(H,24,27)/t17-,21+/m0/s1. The minimum Gasteiger partial charge on any atom is -0.466 e. The summed E-state index contributed by atoms with van der Waals surface area (Å²) in [5.41, 5.74) is 3.99. The van der Waals surface area contributed by atoms with Crippen molar-refractivity contribution in [2.75, 3.05) is 20.3 Å². The van der Waals surface area contributed by atoms with Gasteiger partial charge in [-0.1, -0.05) is 36.0 Å². The first-order chi connectivity index (χ1) is 15.0. The fourth-order valence-electron chi connectivity index (χ4n) is 4.19. The molecule has 0 unspecified atom stereocenters. The number of esters is 1. The molecule has 1 fully saturated rings. The van der Waals surface area contributed by atoms with E-state index in [1.165, 1.54) is 18.9 Å². The van der Waals surface area contributed by atoms with Gasteiger partial charge in [0.15, 0.2) is 5.17 Å². The smallest absolute Gasteiger partial charge is 0.338 e. The van der Waals surface area contributed by atoms with Crippen LogP contribution in [0.1, 0.15) is 43.4 Å². The number of thioether (sulfide) groups is 1. The summed E-state index contributed by atoms with van der Waals surface area (Å²) in [6.45, 7) is 5.13. The maximum atomic E-state index is 12.7. The Morgan fingerprint density at radius 1 is 1.32 bits per heavy atom. The maximum absolute atomic E-state index is 12.7. The molecule has 0 radical (unpaired) electrons. The molecule has 3 aliphatic rings. The molecule has 1 N–H and O–H groups in total. The molecule has 0 spiro atoms. The number of allylic oxidation sites excluding steroid dienone is 1. The molecule has 1 amide bonds. The lowest BCUT2D eigenvalue weighted by atomic mass is 9.91. The zero-order chi connectivity index (χ0) is 22.0. The van der Waals surface area contributed by atoms with Gasteiger partial charge < -0.3 is 19.7 Å². The highest BCUT2D eigenvalue weighted by Crippen LogP contribution is 2.45. The highest BCUT2D eigenvalue weighted by atomic mass is 32.2. The average Bonchev–Trinajstić information content (AvgIpc) is 3.41. The first kappa shape index (κ1) is 21.6. The lowest BCUT2D eigenvalue weighted by molar-refractivity contribution is -0.136. The number of methoxy groups -OCH3 is 1. The topological polar surface area (TPSA) is 80.2 Å². The number of nitrogens with one attached hydrogen (secondary N) is 1. The second-order valence-corrected chi connectivity index (χ2v) is 8.69. The van der Waals surface area contributed by atoms with Crippen LogP contribution < -0.4 is 5.32 Å². The molecule has 1 aromatic carbocycles. The summed E-state index contributed by atoms with van der Waals surface area (Å²) in [7, 11) is 1.38. The van der Waals surface area contributed by atoms with E-state index in [0.29, 0.717) is 17.8 Å². The predicted octanol–water partition coefficient (Wildman–Crippen LogP) is 3.43. The molecule has 7 nitrogen and oxygen atoms in total. The van der Waals surface area contributed by atoms with Gasteiger partial charge >= 0.3 is 5.97 Å². The van der Waals surface area contributed by atoms with Gasteiger partial charge in [0, 0.05) is 18.8 Å². The Morgan fingerprint density at radius 2 is 2.13 bits per heavy atom. The first-order valence-electron chi connectivity index (χ1n) is 10.5. The molecular weight excluding hydrogens is 414 g/mol. The second kappa shape index (κ2) is 9.28. The molecule has 0 saturated carbocycles. The number of aliphatic imine (C=N–C) groups is 1. The third-order valence-electron chi connectivity index (χ3n) is 5.78. The number of aryl methyl sites for hydroxylation is 1. The lowest BCUT2D eigenvalue weighted by Crippen LogP contribution is -2.39. The number of carbonyl (C=O) groups is 2. The van der Waals surface area contributed by atoms with Gasteiger partial charge in [-0.15, -0.1) is 0 Å². The van der Waals surface area contributed by atoms with Crippen LogP contribution in [-0.4, -0.2) is 48.3 Å². The summed E-state index contributed by atoms with van der Waals surface area (Å²) >= 11 is 1.47. The van der Waals surface area contributed by atoms with E-state index in [0.717, 1.165) is 41.4 Å². The average molecular weight is 442 g/mol. The van der Waals surface area contributed by atoms with Gasteiger partial charge in [0.25, 0.3) is 0 Å². The van der Waals surface area contributed by atoms with Crippen molar-refractivity contribution < 1.29 is 19.1 Å². The van der Waals surface area contributed by atoms with E-state index >= 15 is 0 Å². The van der Waals surface area contributed by atoms with E-state index in [-0.39, 0.29) is 18.4 Å². The van der Waals surface area contributed by atoms with Crippen molar-refractivity contribution in [3.8, 4) is 0 Å². The highest BCUT2D eigenvalue weighted by molar-refractivity contribution is 8.16. The summed E-state index contributed by atoms with van der Waals surface area (Å²) in [4.78, 5) is 32.1. The van der Waals surface area contributed by atoms with Gasteiger partial charge in [0.2, 0.25) is 5.91 Å².